The van der Waals surface area contributed by atoms with Crippen LogP contribution in [0.2, 0.25) is 0 Å². The molecule has 1 aliphatic rings. The molecule has 1 fully saturated rings. The van der Waals surface area contributed by atoms with Crippen LogP contribution >= 0.6 is 11.8 Å². The largest absolute Gasteiger partial charge is 0.493 e. The zero-order valence-corrected chi connectivity index (χ0v) is 32.0. The van der Waals surface area contributed by atoms with Gasteiger partial charge in [-0.1, -0.05) is 154 Å². The Morgan fingerprint density at radius 3 is 1.70 bits per heavy atom. The monoisotopic (exact) mass is 708 g/mol. The zero-order valence-electron chi connectivity index (χ0n) is 31.1. The first-order valence-corrected chi connectivity index (χ1v) is 20.8. The van der Waals surface area contributed by atoms with Gasteiger partial charge in [0.2, 0.25) is 0 Å². The highest BCUT2D eigenvalue weighted by Gasteiger charge is 2.44. The number of ether oxygens (including phenoxy) is 2. The molecule has 0 aliphatic carbocycles. The van der Waals surface area contributed by atoms with Crippen molar-refractivity contribution >= 4 is 29.0 Å². The summed E-state index contributed by atoms with van der Waals surface area (Å²) in [7, 11) is 0. The molecule has 1 aromatic carbocycles. The van der Waals surface area contributed by atoms with E-state index < -0.39 is 22.5 Å². The number of rotatable bonds is 28. The lowest BCUT2D eigenvalue weighted by molar-refractivity contribution is -0.125. The van der Waals surface area contributed by atoms with E-state index in [4.69, 9.17) is 9.47 Å². The second-order valence-electron chi connectivity index (χ2n) is 13.8. The fourth-order valence-electron chi connectivity index (χ4n) is 6.35. The first-order valence-electron chi connectivity index (χ1n) is 19.9. The highest BCUT2D eigenvalue weighted by atomic mass is 32.2. The highest BCUT2D eigenvalue weighted by Crippen LogP contribution is 2.30. The number of thioether (sulfide) groups is 1. The smallest absolute Gasteiger partial charge is 0.424 e. The Morgan fingerprint density at radius 1 is 0.680 bits per heavy atom. The number of hydrogen-bond donors (Lipinski definition) is 0. The number of hydrogen-bond acceptors (Lipinski definition) is 7. The van der Waals surface area contributed by atoms with Crippen LogP contribution in [0.3, 0.4) is 0 Å². The Balaban J connectivity index is 1.15. The fraction of sp³-hybridized carbons (Fsp3) is 0.667. The molecule has 1 unspecified atom stereocenters. The quantitative estimate of drug-likeness (QED) is 0.0813. The lowest BCUT2D eigenvalue weighted by Gasteiger charge is -2.13. The van der Waals surface area contributed by atoms with Gasteiger partial charge in [-0.3, -0.25) is 14.6 Å². The molecule has 1 aliphatic heterocycles. The molecular formula is C42H64N2O5S. The number of aryl methyl sites for hydroxylation is 1. The van der Waals surface area contributed by atoms with Crippen molar-refractivity contribution in [2.75, 3.05) is 13.2 Å². The van der Waals surface area contributed by atoms with E-state index in [0.29, 0.717) is 24.3 Å². The number of imide groups is 3. The molecule has 0 bridgehead atoms. The average Bonchev–Trinajstić information content (AvgIpc) is 3.41. The normalized spacial score (nSPS) is 14.4. The van der Waals surface area contributed by atoms with Gasteiger partial charge in [-0.25, -0.2) is 4.79 Å². The molecule has 8 heteroatoms. The summed E-state index contributed by atoms with van der Waals surface area (Å²) in [6.45, 7) is 5.13. The number of nitrogens with zero attached hydrogens (tertiary/aromatic N) is 2. The van der Waals surface area contributed by atoms with Gasteiger partial charge in [0.15, 0.2) is 0 Å². The topological polar surface area (TPSA) is 85.8 Å². The van der Waals surface area contributed by atoms with E-state index in [1.54, 1.807) is 0 Å². The molecule has 2 aromatic rings. The molecule has 1 saturated heterocycles. The molecule has 3 rings (SSSR count). The van der Waals surface area contributed by atoms with E-state index in [0.717, 1.165) is 54.5 Å². The first-order chi connectivity index (χ1) is 24.5. The molecule has 7 nitrogen and oxygen atoms in total. The van der Waals surface area contributed by atoms with Crippen molar-refractivity contribution < 1.29 is 23.9 Å². The SMILES string of the molecule is CCCCCCCCCCCCCCCCCCCCCCOC(=O)N1C(=O)SC(Cc2ccc(OCCc3ccc(CC)cn3)cc2)C1=O. The summed E-state index contributed by atoms with van der Waals surface area (Å²) >= 11 is 0.889. The number of pyridine rings is 1. The summed E-state index contributed by atoms with van der Waals surface area (Å²) in [5.74, 6) is 0.228. The number of carbonyl (C=O) groups is 3. The Hall–Kier alpha value is -2.87. The van der Waals surface area contributed by atoms with Crippen LogP contribution < -0.4 is 4.74 Å². The summed E-state index contributed by atoms with van der Waals surface area (Å²) < 4.78 is 11.2. The molecule has 0 spiro atoms. The molecule has 3 amide bonds. The van der Waals surface area contributed by atoms with E-state index in [1.165, 1.54) is 115 Å². The second-order valence-corrected chi connectivity index (χ2v) is 15.0. The van der Waals surface area contributed by atoms with Crippen LogP contribution in [0.5, 0.6) is 5.75 Å². The van der Waals surface area contributed by atoms with Crippen LogP contribution in [-0.4, -0.2) is 45.6 Å². The van der Waals surface area contributed by atoms with Crippen LogP contribution in [-0.2, 0) is 28.8 Å². The minimum atomic E-state index is -0.852. The Bertz CT molecular complexity index is 1220. The first kappa shape index (κ1) is 41.5. The summed E-state index contributed by atoms with van der Waals surface area (Å²) in [5, 5.41) is -1.20. The van der Waals surface area contributed by atoms with Gasteiger partial charge >= 0.3 is 6.09 Å². The third-order valence-electron chi connectivity index (χ3n) is 9.59. The van der Waals surface area contributed by atoms with Gasteiger partial charge in [0, 0.05) is 18.3 Å². The number of amides is 3. The maximum absolute atomic E-state index is 12.9. The molecule has 2 heterocycles. The molecule has 0 radical (unpaired) electrons. The fourth-order valence-corrected chi connectivity index (χ4v) is 7.35. The standard InChI is InChI=1S/C42H64N2O5S/c1-3-5-6-7-8-9-10-11-12-13-14-15-16-17-18-19-20-21-22-23-31-49-41(46)44-40(45)39(50-42(44)47)33-36-25-28-38(29-26-36)48-32-30-37-27-24-35(4-2)34-43-37/h24-29,34,39H,3-23,30-33H2,1-2H3. The molecule has 278 valence electrons. The van der Waals surface area contributed by atoms with Gasteiger partial charge in [-0.05, 0) is 60.4 Å². The van der Waals surface area contributed by atoms with Gasteiger partial charge in [-0.15, -0.1) is 0 Å². The van der Waals surface area contributed by atoms with E-state index >= 15 is 0 Å². The van der Waals surface area contributed by atoms with Gasteiger partial charge in [0.1, 0.15) is 5.75 Å². The van der Waals surface area contributed by atoms with Crippen molar-refractivity contribution in [2.45, 2.75) is 167 Å². The van der Waals surface area contributed by atoms with E-state index in [2.05, 4.69) is 24.9 Å². The number of benzene rings is 1. The van der Waals surface area contributed by atoms with Gasteiger partial charge < -0.3 is 9.47 Å². The van der Waals surface area contributed by atoms with Crippen molar-refractivity contribution in [3.05, 3.63) is 59.4 Å². The number of unbranched alkanes of at least 4 members (excludes halogenated alkanes) is 19. The molecule has 0 saturated carbocycles. The van der Waals surface area contributed by atoms with Crippen molar-refractivity contribution in [3.8, 4) is 5.75 Å². The highest BCUT2D eigenvalue weighted by molar-refractivity contribution is 8.15. The summed E-state index contributed by atoms with van der Waals surface area (Å²) in [6.07, 6.45) is 29.3. The van der Waals surface area contributed by atoms with Crippen molar-refractivity contribution in [3.63, 3.8) is 0 Å². The number of aromatic nitrogens is 1. The Morgan fingerprint density at radius 2 is 1.20 bits per heavy atom. The Kier molecular flexibility index (Phi) is 21.6. The number of carbonyl (C=O) groups excluding carboxylic acids is 3. The minimum Gasteiger partial charge on any atom is -0.493 e. The minimum absolute atomic E-state index is 0.228. The van der Waals surface area contributed by atoms with Crippen LogP contribution in [0.15, 0.2) is 42.6 Å². The van der Waals surface area contributed by atoms with E-state index in [1.807, 2.05) is 36.5 Å². The lowest BCUT2D eigenvalue weighted by Crippen LogP contribution is -2.38. The molecular weight excluding hydrogens is 645 g/mol. The van der Waals surface area contributed by atoms with Crippen LogP contribution in [0.4, 0.5) is 9.59 Å². The third-order valence-corrected chi connectivity index (χ3v) is 10.6. The predicted molar refractivity (Wildman–Crippen MR) is 206 cm³/mol. The maximum Gasteiger partial charge on any atom is 0.424 e. The van der Waals surface area contributed by atoms with Crippen molar-refractivity contribution in [1.29, 1.82) is 0 Å². The summed E-state index contributed by atoms with van der Waals surface area (Å²) in [5.41, 5.74) is 3.10. The van der Waals surface area contributed by atoms with Crippen LogP contribution in [0.25, 0.3) is 0 Å². The van der Waals surface area contributed by atoms with Gasteiger partial charge in [-0.2, -0.15) is 4.90 Å². The molecule has 50 heavy (non-hydrogen) atoms. The van der Waals surface area contributed by atoms with Crippen molar-refractivity contribution in [2.24, 2.45) is 0 Å². The van der Waals surface area contributed by atoms with Crippen molar-refractivity contribution in [1.82, 2.24) is 9.88 Å². The van der Waals surface area contributed by atoms with Gasteiger partial charge in [0.25, 0.3) is 11.1 Å². The lowest BCUT2D eigenvalue weighted by atomic mass is 10.0. The second kappa shape index (κ2) is 26.0. The molecule has 1 atom stereocenters. The maximum atomic E-state index is 12.9. The zero-order chi connectivity index (χ0) is 35.7. The van der Waals surface area contributed by atoms with Crippen LogP contribution in [0, 0.1) is 0 Å². The predicted octanol–water partition coefficient (Wildman–Crippen LogP) is 11.8. The molecule has 1 aromatic heterocycles. The summed E-state index contributed by atoms with van der Waals surface area (Å²) in [4.78, 5) is 43.1. The Labute approximate surface area is 307 Å². The average molecular weight is 709 g/mol. The summed E-state index contributed by atoms with van der Waals surface area (Å²) in [6, 6.07) is 11.6. The van der Waals surface area contributed by atoms with Gasteiger partial charge in [0.05, 0.1) is 18.5 Å². The van der Waals surface area contributed by atoms with Crippen LogP contribution in [0.1, 0.15) is 159 Å². The van der Waals surface area contributed by atoms with E-state index in [9.17, 15) is 14.4 Å². The third kappa shape index (κ3) is 16.9. The van der Waals surface area contributed by atoms with E-state index in [-0.39, 0.29) is 6.61 Å². The molecule has 0 N–H and O–H groups in total.